The Labute approximate surface area is 125 Å². The van der Waals surface area contributed by atoms with Gasteiger partial charge in [-0.2, -0.15) is 8.42 Å². The molecule has 1 rings (SSSR count). The summed E-state index contributed by atoms with van der Waals surface area (Å²) < 4.78 is 29.8. The van der Waals surface area contributed by atoms with E-state index in [0.29, 0.717) is 12.3 Å². The van der Waals surface area contributed by atoms with Crippen LogP contribution < -0.4 is 5.73 Å². The fraction of sp³-hybridized carbons (Fsp3) is 0.500. The largest absolute Gasteiger partial charge is 0.480 e. The Morgan fingerprint density at radius 2 is 1.71 bits per heavy atom. The second-order valence-electron chi connectivity index (χ2n) is 5.05. The minimum atomic E-state index is -4.03. The third kappa shape index (κ3) is 8.44. The zero-order valence-corrected chi connectivity index (χ0v) is 13.3. The van der Waals surface area contributed by atoms with E-state index in [2.05, 4.69) is 0 Å². The third-order valence-corrected chi connectivity index (χ3v) is 3.54. The smallest absolute Gasteiger partial charge is 0.320 e. The minimum absolute atomic E-state index is 0.0558. The van der Waals surface area contributed by atoms with Gasteiger partial charge in [-0.15, -0.1) is 0 Å². The average Bonchev–Trinajstić information content (AvgIpc) is 2.37. The molecule has 0 aliphatic rings. The normalized spacial score (nSPS) is 12.5. The van der Waals surface area contributed by atoms with E-state index in [9.17, 15) is 13.2 Å². The summed E-state index contributed by atoms with van der Waals surface area (Å²) in [5.74, 6) is -0.556. The van der Waals surface area contributed by atoms with Crippen LogP contribution in [0.1, 0.15) is 32.8 Å². The van der Waals surface area contributed by atoms with Crippen molar-refractivity contribution in [2.75, 3.05) is 0 Å². The second kappa shape index (κ2) is 8.76. The summed E-state index contributed by atoms with van der Waals surface area (Å²) >= 11 is 0. The lowest BCUT2D eigenvalue weighted by Crippen LogP contribution is -2.31. The number of carboxylic acids is 1. The fourth-order valence-corrected chi connectivity index (χ4v) is 1.99. The molecule has 0 radical (unpaired) electrons. The molecule has 1 atom stereocenters. The molecule has 0 aromatic heterocycles. The second-order valence-corrected chi connectivity index (χ2v) is 6.47. The summed E-state index contributed by atoms with van der Waals surface area (Å²) in [6.45, 7) is 5.87. The molecule has 1 aromatic rings. The van der Waals surface area contributed by atoms with Crippen molar-refractivity contribution in [2.45, 2.75) is 44.6 Å². The molecule has 0 fully saturated rings. The van der Waals surface area contributed by atoms with Crippen LogP contribution in [0.15, 0.2) is 29.2 Å². The van der Waals surface area contributed by atoms with Gasteiger partial charge in [-0.05, 0) is 36.5 Å². The van der Waals surface area contributed by atoms with Crippen LogP contribution in [0.2, 0.25) is 0 Å². The lowest BCUT2D eigenvalue weighted by Gasteiger charge is -2.07. The van der Waals surface area contributed by atoms with Gasteiger partial charge in [0.2, 0.25) is 0 Å². The molecule has 0 saturated heterocycles. The van der Waals surface area contributed by atoms with Gasteiger partial charge in [0.1, 0.15) is 6.04 Å². The van der Waals surface area contributed by atoms with E-state index in [0.717, 1.165) is 12.0 Å². The maximum absolute atomic E-state index is 10.6. The highest BCUT2D eigenvalue weighted by Gasteiger charge is 2.12. The van der Waals surface area contributed by atoms with E-state index in [1.165, 1.54) is 12.1 Å². The van der Waals surface area contributed by atoms with Gasteiger partial charge in [0.25, 0.3) is 10.1 Å². The molecule has 0 saturated carbocycles. The number of aryl methyl sites for hydroxylation is 1. The van der Waals surface area contributed by atoms with Crippen molar-refractivity contribution in [2.24, 2.45) is 11.7 Å². The Hall–Kier alpha value is -1.44. The summed E-state index contributed by atoms with van der Waals surface area (Å²) in [6.07, 6.45) is 1.40. The maximum Gasteiger partial charge on any atom is 0.320 e. The maximum atomic E-state index is 10.6. The Bertz CT molecular complexity index is 537. The van der Waals surface area contributed by atoms with Gasteiger partial charge in [0, 0.05) is 0 Å². The third-order valence-electron chi connectivity index (χ3n) is 2.67. The molecule has 6 nitrogen and oxygen atoms in total. The molecule has 7 heteroatoms. The van der Waals surface area contributed by atoms with E-state index in [-0.39, 0.29) is 4.90 Å². The van der Waals surface area contributed by atoms with Crippen molar-refractivity contribution >= 4 is 16.1 Å². The first-order valence-corrected chi connectivity index (χ1v) is 8.06. The van der Waals surface area contributed by atoms with Gasteiger partial charge in [-0.25, -0.2) is 0 Å². The molecule has 21 heavy (non-hydrogen) atoms. The molecular formula is C14H23NO5S. The standard InChI is InChI=1S/C8H10O3S.C6H13NO2/c1-2-7-3-5-8(6-4-7)12(9,10)11;1-4(2)3-5(7)6(8)9/h3-6H,2H2,1H3,(H,9,10,11);4-5H,3,7H2,1-2H3,(H,8,9)/t;5-/m.1/s1. The van der Waals surface area contributed by atoms with Crippen LogP contribution in [0, 0.1) is 5.92 Å². The molecule has 0 unspecified atom stereocenters. The van der Waals surface area contributed by atoms with Crippen molar-refractivity contribution in [3.05, 3.63) is 29.8 Å². The summed E-state index contributed by atoms with van der Waals surface area (Å²) in [6, 6.07) is 5.47. The zero-order valence-electron chi connectivity index (χ0n) is 12.5. The molecule has 4 N–H and O–H groups in total. The van der Waals surface area contributed by atoms with Crippen LogP contribution in [0.5, 0.6) is 0 Å². The van der Waals surface area contributed by atoms with Gasteiger partial charge >= 0.3 is 5.97 Å². The number of hydrogen-bond donors (Lipinski definition) is 3. The minimum Gasteiger partial charge on any atom is -0.480 e. The topological polar surface area (TPSA) is 118 Å². The van der Waals surface area contributed by atoms with E-state index in [4.69, 9.17) is 15.4 Å². The summed E-state index contributed by atoms with van der Waals surface area (Å²) in [7, 11) is -4.03. The van der Waals surface area contributed by atoms with E-state index in [1.54, 1.807) is 12.1 Å². The van der Waals surface area contributed by atoms with Gasteiger partial charge in [0.15, 0.2) is 0 Å². The summed E-state index contributed by atoms with van der Waals surface area (Å²) in [5.41, 5.74) is 6.26. The van der Waals surface area contributed by atoms with Crippen molar-refractivity contribution in [3.63, 3.8) is 0 Å². The number of nitrogens with two attached hydrogens (primary N) is 1. The molecule has 0 aliphatic carbocycles. The zero-order chi connectivity index (χ0) is 16.6. The number of benzene rings is 1. The van der Waals surface area contributed by atoms with Gasteiger partial charge in [-0.1, -0.05) is 32.9 Å². The number of carbonyl (C=O) groups is 1. The van der Waals surface area contributed by atoms with E-state index < -0.39 is 22.1 Å². The van der Waals surface area contributed by atoms with Crippen molar-refractivity contribution in [3.8, 4) is 0 Å². The Morgan fingerprint density at radius 1 is 1.24 bits per heavy atom. The lowest BCUT2D eigenvalue weighted by molar-refractivity contribution is -0.138. The van der Waals surface area contributed by atoms with Crippen molar-refractivity contribution in [1.82, 2.24) is 0 Å². The van der Waals surface area contributed by atoms with Gasteiger partial charge in [-0.3, -0.25) is 9.35 Å². The SMILES string of the molecule is CC(C)C[C@@H](N)C(=O)O.CCc1ccc(S(=O)(=O)O)cc1. The Balaban J connectivity index is 0.000000400. The lowest BCUT2D eigenvalue weighted by atomic mass is 10.1. The molecular weight excluding hydrogens is 294 g/mol. The van der Waals surface area contributed by atoms with Gasteiger partial charge < -0.3 is 10.8 Å². The van der Waals surface area contributed by atoms with E-state index in [1.807, 2.05) is 20.8 Å². The summed E-state index contributed by atoms with van der Waals surface area (Å²) in [4.78, 5) is 10.1. The number of carboxylic acid groups (broad SMARTS) is 1. The highest BCUT2D eigenvalue weighted by Crippen LogP contribution is 2.09. The predicted molar refractivity (Wildman–Crippen MR) is 80.7 cm³/mol. The van der Waals surface area contributed by atoms with Crippen LogP contribution in [-0.2, 0) is 21.3 Å². The molecule has 0 bridgehead atoms. The molecule has 0 aliphatic heterocycles. The van der Waals surface area contributed by atoms with E-state index >= 15 is 0 Å². The Kier molecular flexibility index (Phi) is 8.16. The summed E-state index contributed by atoms with van der Waals surface area (Å²) in [5, 5.41) is 8.31. The molecule has 0 spiro atoms. The van der Waals surface area contributed by atoms with Crippen molar-refractivity contribution in [1.29, 1.82) is 0 Å². The molecule has 1 aromatic carbocycles. The Morgan fingerprint density at radius 3 is 1.95 bits per heavy atom. The predicted octanol–water partition coefficient (Wildman–Crippen LogP) is 1.94. The quantitative estimate of drug-likeness (QED) is 0.714. The number of hydrogen-bond acceptors (Lipinski definition) is 4. The first-order valence-electron chi connectivity index (χ1n) is 6.62. The molecule has 0 heterocycles. The monoisotopic (exact) mass is 317 g/mol. The van der Waals surface area contributed by atoms with Gasteiger partial charge in [0.05, 0.1) is 4.90 Å². The highest BCUT2D eigenvalue weighted by atomic mass is 32.2. The molecule has 0 amide bonds. The fourth-order valence-electron chi connectivity index (χ4n) is 1.51. The van der Waals surface area contributed by atoms with Crippen LogP contribution in [0.25, 0.3) is 0 Å². The number of aliphatic carboxylic acids is 1. The molecule has 120 valence electrons. The van der Waals surface area contributed by atoms with Crippen LogP contribution in [0.3, 0.4) is 0 Å². The van der Waals surface area contributed by atoms with Crippen molar-refractivity contribution < 1.29 is 22.9 Å². The first-order chi connectivity index (χ1) is 9.57. The van der Waals surface area contributed by atoms with Crippen LogP contribution in [-0.4, -0.2) is 30.1 Å². The highest BCUT2D eigenvalue weighted by molar-refractivity contribution is 7.85. The van der Waals surface area contributed by atoms with Crippen LogP contribution in [0.4, 0.5) is 0 Å². The first kappa shape index (κ1) is 19.6. The average molecular weight is 317 g/mol. The van der Waals surface area contributed by atoms with Crippen LogP contribution >= 0.6 is 0 Å². The number of rotatable bonds is 5.